The first kappa shape index (κ1) is 16.5. The van der Waals surface area contributed by atoms with Crippen LogP contribution in [-0.4, -0.2) is 35.6 Å². The summed E-state index contributed by atoms with van der Waals surface area (Å²) in [5.41, 5.74) is 0. The van der Waals surface area contributed by atoms with Crippen molar-refractivity contribution in [3.63, 3.8) is 0 Å². The average Bonchev–Trinajstić information content (AvgIpc) is 2.44. The summed E-state index contributed by atoms with van der Waals surface area (Å²) >= 11 is 0. The van der Waals surface area contributed by atoms with Crippen LogP contribution in [0.15, 0.2) is 0 Å². The molecule has 0 aliphatic heterocycles. The number of rotatable bonds is 7. The SMILES string of the molecule is CCOC(=O)CC[C@H](NC(=O)C1CCCCC1)C(=O)O. The van der Waals surface area contributed by atoms with Gasteiger partial charge in [-0.05, 0) is 26.2 Å². The van der Waals surface area contributed by atoms with Gasteiger partial charge in [-0.2, -0.15) is 0 Å². The van der Waals surface area contributed by atoms with E-state index >= 15 is 0 Å². The van der Waals surface area contributed by atoms with E-state index in [2.05, 4.69) is 5.32 Å². The second kappa shape index (κ2) is 8.55. The van der Waals surface area contributed by atoms with Crippen LogP contribution in [0.3, 0.4) is 0 Å². The maximum absolute atomic E-state index is 12.0. The molecule has 0 unspecified atom stereocenters. The van der Waals surface area contributed by atoms with Crippen molar-refractivity contribution in [2.45, 2.75) is 57.9 Å². The van der Waals surface area contributed by atoms with E-state index in [9.17, 15) is 14.4 Å². The van der Waals surface area contributed by atoms with Crippen LogP contribution in [0.25, 0.3) is 0 Å². The molecule has 2 N–H and O–H groups in total. The molecule has 0 radical (unpaired) electrons. The van der Waals surface area contributed by atoms with Crippen LogP contribution >= 0.6 is 0 Å². The number of carboxylic acid groups (broad SMARTS) is 1. The van der Waals surface area contributed by atoms with E-state index in [-0.39, 0.29) is 31.3 Å². The van der Waals surface area contributed by atoms with Gasteiger partial charge in [-0.25, -0.2) is 4.79 Å². The van der Waals surface area contributed by atoms with Crippen LogP contribution in [0.1, 0.15) is 51.9 Å². The van der Waals surface area contributed by atoms with Crippen molar-refractivity contribution < 1.29 is 24.2 Å². The minimum Gasteiger partial charge on any atom is -0.480 e. The number of hydrogen-bond acceptors (Lipinski definition) is 4. The first-order chi connectivity index (χ1) is 9.54. The molecule has 0 bridgehead atoms. The zero-order chi connectivity index (χ0) is 15.0. The Morgan fingerprint density at radius 1 is 1.25 bits per heavy atom. The van der Waals surface area contributed by atoms with Crippen LogP contribution in [-0.2, 0) is 19.1 Å². The highest BCUT2D eigenvalue weighted by atomic mass is 16.5. The third-order valence-electron chi connectivity index (χ3n) is 3.53. The second-order valence-corrected chi connectivity index (χ2v) is 5.08. The minimum atomic E-state index is -1.11. The number of esters is 1. The number of carboxylic acids is 1. The van der Waals surface area contributed by atoms with E-state index < -0.39 is 18.0 Å². The smallest absolute Gasteiger partial charge is 0.326 e. The standard InChI is InChI=1S/C14H23NO5/c1-2-20-12(16)9-8-11(14(18)19)15-13(17)10-6-4-3-5-7-10/h10-11H,2-9H2,1H3,(H,15,17)(H,18,19)/t11-/m0/s1. The Hall–Kier alpha value is -1.59. The molecule has 6 heteroatoms. The zero-order valence-corrected chi connectivity index (χ0v) is 11.9. The topological polar surface area (TPSA) is 92.7 Å². The van der Waals surface area contributed by atoms with Crippen LogP contribution < -0.4 is 5.32 Å². The highest BCUT2D eigenvalue weighted by Gasteiger charge is 2.26. The third kappa shape index (κ3) is 5.59. The Morgan fingerprint density at radius 2 is 1.90 bits per heavy atom. The number of ether oxygens (including phenoxy) is 1. The molecule has 1 aliphatic carbocycles. The van der Waals surface area contributed by atoms with E-state index in [0.29, 0.717) is 0 Å². The maximum atomic E-state index is 12.0. The van der Waals surface area contributed by atoms with Gasteiger partial charge < -0.3 is 15.2 Å². The number of carbonyl (C=O) groups excluding carboxylic acids is 2. The summed E-state index contributed by atoms with van der Waals surface area (Å²) < 4.78 is 4.75. The van der Waals surface area contributed by atoms with E-state index in [0.717, 1.165) is 32.1 Å². The van der Waals surface area contributed by atoms with Crippen LogP contribution in [0.2, 0.25) is 0 Å². The molecule has 1 fully saturated rings. The monoisotopic (exact) mass is 285 g/mol. The highest BCUT2D eigenvalue weighted by Crippen LogP contribution is 2.23. The Labute approximate surface area is 118 Å². The van der Waals surface area contributed by atoms with Crippen molar-refractivity contribution in [3.05, 3.63) is 0 Å². The molecule has 0 aromatic rings. The second-order valence-electron chi connectivity index (χ2n) is 5.08. The summed E-state index contributed by atoms with van der Waals surface area (Å²) in [5.74, 6) is -1.85. The fourth-order valence-electron chi connectivity index (χ4n) is 2.41. The first-order valence-electron chi connectivity index (χ1n) is 7.23. The normalized spacial score (nSPS) is 17.2. The summed E-state index contributed by atoms with van der Waals surface area (Å²) in [5, 5.41) is 11.6. The summed E-state index contributed by atoms with van der Waals surface area (Å²) in [6.45, 7) is 1.96. The third-order valence-corrected chi connectivity index (χ3v) is 3.53. The van der Waals surface area contributed by atoms with Gasteiger partial charge in [-0.3, -0.25) is 9.59 Å². The summed E-state index contributed by atoms with van der Waals surface area (Å²) in [6, 6.07) is -1.02. The molecule has 1 saturated carbocycles. The number of carbonyl (C=O) groups is 3. The quantitative estimate of drug-likeness (QED) is 0.691. The van der Waals surface area contributed by atoms with Crippen LogP contribution in [0.4, 0.5) is 0 Å². The van der Waals surface area contributed by atoms with Crippen molar-refractivity contribution in [2.75, 3.05) is 6.61 Å². The maximum Gasteiger partial charge on any atom is 0.326 e. The lowest BCUT2D eigenvalue weighted by molar-refractivity contribution is -0.145. The number of nitrogens with one attached hydrogen (secondary N) is 1. The van der Waals surface area contributed by atoms with Crippen molar-refractivity contribution >= 4 is 17.8 Å². The first-order valence-corrected chi connectivity index (χ1v) is 7.23. The van der Waals surface area contributed by atoms with E-state index in [1.807, 2.05) is 0 Å². The predicted octanol–water partition coefficient (Wildman–Crippen LogP) is 1.48. The summed E-state index contributed by atoms with van der Waals surface area (Å²) in [4.78, 5) is 34.3. The fraction of sp³-hybridized carbons (Fsp3) is 0.786. The van der Waals surface area contributed by atoms with Crippen molar-refractivity contribution in [1.82, 2.24) is 5.32 Å². The lowest BCUT2D eigenvalue weighted by Gasteiger charge is -2.23. The molecular formula is C14H23NO5. The molecule has 0 saturated heterocycles. The van der Waals surface area contributed by atoms with Gasteiger partial charge in [0.2, 0.25) is 5.91 Å². The van der Waals surface area contributed by atoms with Gasteiger partial charge in [0, 0.05) is 12.3 Å². The van der Waals surface area contributed by atoms with Crippen LogP contribution in [0, 0.1) is 5.92 Å². The fourth-order valence-corrected chi connectivity index (χ4v) is 2.41. The Balaban J connectivity index is 2.43. The molecule has 1 aliphatic rings. The molecule has 1 rings (SSSR count). The Morgan fingerprint density at radius 3 is 2.45 bits per heavy atom. The minimum absolute atomic E-state index is 0.00421. The van der Waals surface area contributed by atoms with Gasteiger partial charge in [0.1, 0.15) is 6.04 Å². The largest absolute Gasteiger partial charge is 0.480 e. The van der Waals surface area contributed by atoms with Gasteiger partial charge in [0.25, 0.3) is 0 Å². The molecule has 0 spiro atoms. The molecule has 1 amide bonds. The van der Waals surface area contributed by atoms with E-state index in [1.54, 1.807) is 6.92 Å². The van der Waals surface area contributed by atoms with Crippen molar-refractivity contribution in [3.8, 4) is 0 Å². The molecule has 1 atom stereocenters. The van der Waals surface area contributed by atoms with Gasteiger partial charge >= 0.3 is 11.9 Å². The lowest BCUT2D eigenvalue weighted by Crippen LogP contribution is -2.44. The van der Waals surface area contributed by atoms with Gasteiger partial charge in [-0.1, -0.05) is 19.3 Å². The van der Waals surface area contributed by atoms with Gasteiger partial charge in [0.15, 0.2) is 0 Å². The summed E-state index contributed by atoms with van der Waals surface area (Å²) in [6.07, 6.45) is 4.85. The Kier molecular flexibility index (Phi) is 7.04. The van der Waals surface area contributed by atoms with E-state index in [4.69, 9.17) is 9.84 Å². The Bertz CT molecular complexity index is 349. The van der Waals surface area contributed by atoms with E-state index in [1.165, 1.54) is 0 Å². The molecular weight excluding hydrogens is 262 g/mol. The molecule has 0 aromatic carbocycles. The number of hydrogen-bond donors (Lipinski definition) is 2. The molecule has 6 nitrogen and oxygen atoms in total. The molecule has 114 valence electrons. The van der Waals surface area contributed by atoms with Gasteiger partial charge in [-0.15, -0.1) is 0 Å². The lowest BCUT2D eigenvalue weighted by atomic mass is 9.88. The average molecular weight is 285 g/mol. The number of amides is 1. The molecule has 0 heterocycles. The summed E-state index contributed by atoms with van der Waals surface area (Å²) in [7, 11) is 0. The van der Waals surface area contributed by atoms with Gasteiger partial charge in [0.05, 0.1) is 6.61 Å². The zero-order valence-electron chi connectivity index (χ0n) is 11.9. The van der Waals surface area contributed by atoms with Crippen molar-refractivity contribution in [1.29, 1.82) is 0 Å². The highest BCUT2D eigenvalue weighted by molar-refractivity contribution is 5.85. The molecule has 0 aromatic heterocycles. The van der Waals surface area contributed by atoms with Crippen LogP contribution in [0.5, 0.6) is 0 Å². The number of aliphatic carboxylic acids is 1. The van der Waals surface area contributed by atoms with Crippen molar-refractivity contribution in [2.24, 2.45) is 5.92 Å². The predicted molar refractivity (Wildman–Crippen MR) is 72.0 cm³/mol. The molecule has 20 heavy (non-hydrogen) atoms.